The monoisotopic (exact) mass is 299 g/mol. The van der Waals surface area contributed by atoms with Crippen LogP contribution < -0.4 is 10.6 Å². The van der Waals surface area contributed by atoms with Gasteiger partial charge in [0.05, 0.1) is 0 Å². The number of nitrogens with one attached hydrogen (secondary N) is 2. The summed E-state index contributed by atoms with van der Waals surface area (Å²) in [5.41, 5.74) is 0. The maximum atomic E-state index is 11.9. The van der Waals surface area contributed by atoms with Crippen LogP contribution in [0.15, 0.2) is 0 Å². The van der Waals surface area contributed by atoms with Crippen molar-refractivity contribution in [2.24, 2.45) is 5.92 Å². The highest BCUT2D eigenvalue weighted by Gasteiger charge is 2.22. The van der Waals surface area contributed by atoms with Gasteiger partial charge in [-0.1, -0.05) is 0 Å². The summed E-state index contributed by atoms with van der Waals surface area (Å²) in [6.07, 6.45) is 2.86. The van der Waals surface area contributed by atoms with Crippen LogP contribution in [-0.4, -0.2) is 54.1 Å². The molecule has 0 atom stereocenters. The number of carbonyl (C=O) groups excluding carboxylic acids is 2. The van der Waals surface area contributed by atoms with Gasteiger partial charge in [-0.15, -0.1) is 0 Å². The number of likely N-dealkylation sites (tertiary alicyclic amines) is 1. The van der Waals surface area contributed by atoms with Crippen LogP contribution in [0.5, 0.6) is 0 Å². The van der Waals surface area contributed by atoms with Gasteiger partial charge in [0.2, 0.25) is 5.91 Å². The Balaban J connectivity index is 2.16. The fourth-order valence-corrected chi connectivity index (χ4v) is 2.43. The molecule has 0 spiro atoms. The third-order valence-electron chi connectivity index (χ3n) is 3.67. The van der Waals surface area contributed by atoms with Crippen molar-refractivity contribution in [1.82, 2.24) is 15.5 Å². The second kappa shape index (κ2) is 9.20. The van der Waals surface area contributed by atoms with Crippen molar-refractivity contribution in [3.8, 4) is 0 Å². The molecular formula is C14H25N3O4. The molecule has 1 saturated heterocycles. The van der Waals surface area contributed by atoms with Gasteiger partial charge in [0.1, 0.15) is 0 Å². The molecule has 0 saturated carbocycles. The van der Waals surface area contributed by atoms with Crippen molar-refractivity contribution in [2.45, 2.75) is 39.0 Å². The molecule has 7 nitrogen and oxygen atoms in total. The number of rotatable bonds is 7. The summed E-state index contributed by atoms with van der Waals surface area (Å²) in [4.78, 5) is 35.4. The van der Waals surface area contributed by atoms with E-state index in [-0.39, 0.29) is 24.8 Å². The molecule has 3 N–H and O–H groups in total. The molecule has 1 rings (SSSR count). The molecule has 120 valence electrons. The normalized spacial score (nSPS) is 15.6. The Bertz CT molecular complexity index is 365. The van der Waals surface area contributed by atoms with Gasteiger partial charge in [0.25, 0.3) is 0 Å². The molecule has 0 aromatic rings. The third kappa shape index (κ3) is 6.97. The lowest BCUT2D eigenvalue weighted by Crippen LogP contribution is -2.45. The number of hydrogen-bond acceptors (Lipinski definition) is 3. The van der Waals surface area contributed by atoms with Crippen molar-refractivity contribution in [2.75, 3.05) is 26.2 Å². The Morgan fingerprint density at radius 3 is 2.38 bits per heavy atom. The van der Waals surface area contributed by atoms with Gasteiger partial charge in [0, 0.05) is 39.0 Å². The first-order valence-corrected chi connectivity index (χ1v) is 7.54. The maximum absolute atomic E-state index is 11.9. The van der Waals surface area contributed by atoms with Crippen molar-refractivity contribution in [3.05, 3.63) is 0 Å². The molecule has 0 aromatic carbocycles. The molecule has 0 bridgehead atoms. The van der Waals surface area contributed by atoms with E-state index >= 15 is 0 Å². The van der Waals surface area contributed by atoms with Crippen LogP contribution >= 0.6 is 0 Å². The van der Waals surface area contributed by atoms with E-state index in [1.807, 2.05) is 6.92 Å². The molecule has 7 heteroatoms. The van der Waals surface area contributed by atoms with Crippen molar-refractivity contribution in [3.63, 3.8) is 0 Å². The molecule has 1 aliphatic heterocycles. The lowest BCUT2D eigenvalue weighted by Gasteiger charge is -2.31. The smallest absolute Gasteiger partial charge is 0.317 e. The predicted octanol–water partition coefficient (Wildman–Crippen LogP) is 0.799. The molecule has 0 unspecified atom stereocenters. The quantitative estimate of drug-likeness (QED) is 0.647. The summed E-state index contributed by atoms with van der Waals surface area (Å²) in [5, 5.41) is 14.1. The highest BCUT2D eigenvalue weighted by molar-refractivity contribution is 5.78. The van der Waals surface area contributed by atoms with E-state index in [9.17, 15) is 14.4 Å². The van der Waals surface area contributed by atoms with Crippen molar-refractivity contribution < 1.29 is 19.5 Å². The second-order valence-electron chi connectivity index (χ2n) is 5.30. The molecule has 1 fully saturated rings. The van der Waals surface area contributed by atoms with Crippen LogP contribution in [0, 0.1) is 5.92 Å². The fraction of sp³-hybridized carbons (Fsp3) is 0.786. The number of nitrogens with zero attached hydrogens (tertiary/aromatic N) is 1. The van der Waals surface area contributed by atoms with Gasteiger partial charge in [-0.25, -0.2) is 4.79 Å². The minimum absolute atomic E-state index is 0.0646. The van der Waals surface area contributed by atoms with Gasteiger partial charge in [0.15, 0.2) is 0 Å². The van der Waals surface area contributed by atoms with Gasteiger partial charge in [-0.2, -0.15) is 0 Å². The molecule has 1 heterocycles. The number of urea groups is 1. The molecule has 3 amide bonds. The number of amides is 3. The second-order valence-corrected chi connectivity index (χ2v) is 5.30. The molecule has 0 aromatic heterocycles. The zero-order valence-corrected chi connectivity index (χ0v) is 12.6. The van der Waals surface area contributed by atoms with Crippen molar-refractivity contribution >= 4 is 17.9 Å². The topological polar surface area (TPSA) is 98.7 Å². The maximum Gasteiger partial charge on any atom is 0.317 e. The largest absolute Gasteiger partial charge is 0.481 e. The first-order valence-electron chi connectivity index (χ1n) is 7.54. The minimum atomic E-state index is -0.763. The van der Waals surface area contributed by atoms with Crippen LogP contribution in [0.2, 0.25) is 0 Å². The Hall–Kier alpha value is -1.79. The number of piperidine rings is 1. The minimum Gasteiger partial charge on any atom is -0.481 e. The van der Waals surface area contributed by atoms with Gasteiger partial charge >= 0.3 is 12.0 Å². The Labute approximate surface area is 125 Å². The Morgan fingerprint density at radius 2 is 1.81 bits per heavy atom. The SMILES string of the molecule is CCNC(=O)CCNC(=O)N1CCC(CCC(=O)O)CC1. The summed E-state index contributed by atoms with van der Waals surface area (Å²) in [7, 11) is 0. The lowest BCUT2D eigenvalue weighted by molar-refractivity contribution is -0.137. The Morgan fingerprint density at radius 1 is 1.14 bits per heavy atom. The van der Waals surface area contributed by atoms with E-state index < -0.39 is 5.97 Å². The van der Waals surface area contributed by atoms with Crippen LogP contribution in [-0.2, 0) is 9.59 Å². The number of hydrogen-bond donors (Lipinski definition) is 3. The van der Waals surface area contributed by atoms with Crippen LogP contribution in [0.25, 0.3) is 0 Å². The van der Waals surface area contributed by atoms with Gasteiger partial charge in [-0.05, 0) is 32.1 Å². The zero-order chi connectivity index (χ0) is 15.7. The summed E-state index contributed by atoms with van der Waals surface area (Å²) in [6, 6.07) is -0.143. The third-order valence-corrected chi connectivity index (χ3v) is 3.67. The number of aliphatic carboxylic acids is 1. The van der Waals surface area contributed by atoms with Crippen LogP contribution in [0.1, 0.15) is 39.0 Å². The number of carboxylic acid groups (broad SMARTS) is 1. The highest BCUT2D eigenvalue weighted by atomic mass is 16.4. The molecule has 21 heavy (non-hydrogen) atoms. The average Bonchev–Trinajstić information content (AvgIpc) is 2.45. The summed E-state index contributed by atoms with van der Waals surface area (Å²) < 4.78 is 0. The first kappa shape index (κ1) is 17.3. The molecule has 1 aliphatic rings. The number of carbonyl (C=O) groups is 3. The highest BCUT2D eigenvalue weighted by Crippen LogP contribution is 2.21. The first-order chi connectivity index (χ1) is 10.0. The van der Waals surface area contributed by atoms with E-state index in [1.54, 1.807) is 4.90 Å². The Kier molecular flexibility index (Phi) is 7.56. The standard InChI is InChI=1S/C14H25N3O4/c1-2-15-12(18)5-8-16-14(21)17-9-6-11(7-10-17)3-4-13(19)20/h11H,2-10H2,1H3,(H,15,18)(H,16,21)(H,19,20). The number of carboxylic acids is 1. The summed E-state index contributed by atoms with van der Waals surface area (Å²) in [6.45, 7) is 4.08. The van der Waals surface area contributed by atoms with E-state index in [2.05, 4.69) is 10.6 Å². The lowest BCUT2D eigenvalue weighted by atomic mass is 9.92. The summed E-state index contributed by atoms with van der Waals surface area (Å²) in [5.74, 6) is -0.439. The van der Waals surface area contributed by atoms with E-state index in [0.29, 0.717) is 38.5 Å². The van der Waals surface area contributed by atoms with Gasteiger partial charge < -0.3 is 20.6 Å². The molecule has 0 radical (unpaired) electrons. The van der Waals surface area contributed by atoms with Crippen LogP contribution in [0.3, 0.4) is 0 Å². The average molecular weight is 299 g/mol. The van der Waals surface area contributed by atoms with E-state index in [4.69, 9.17) is 5.11 Å². The predicted molar refractivity (Wildman–Crippen MR) is 77.9 cm³/mol. The molecule has 0 aliphatic carbocycles. The van der Waals surface area contributed by atoms with E-state index in [0.717, 1.165) is 12.8 Å². The van der Waals surface area contributed by atoms with Crippen molar-refractivity contribution in [1.29, 1.82) is 0 Å². The molecular weight excluding hydrogens is 274 g/mol. The van der Waals surface area contributed by atoms with Gasteiger partial charge in [-0.3, -0.25) is 9.59 Å². The van der Waals surface area contributed by atoms with Crippen LogP contribution in [0.4, 0.5) is 4.79 Å². The fourth-order valence-electron chi connectivity index (χ4n) is 2.43. The zero-order valence-electron chi connectivity index (χ0n) is 12.6. The van der Waals surface area contributed by atoms with E-state index in [1.165, 1.54) is 0 Å². The summed E-state index contributed by atoms with van der Waals surface area (Å²) >= 11 is 0.